The molecule has 1 aliphatic carbocycles. The summed E-state index contributed by atoms with van der Waals surface area (Å²) < 4.78 is 0. The Kier molecular flexibility index (Phi) is 4.35. The summed E-state index contributed by atoms with van der Waals surface area (Å²) in [5.41, 5.74) is 1.27. The van der Waals surface area contributed by atoms with Gasteiger partial charge in [0.2, 0.25) is 0 Å². The second-order valence-corrected chi connectivity index (χ2v) is 8.34. The van der Waals surface area contributed by atoms with E-state index >= 15 is 0 Å². The molecule has 5 heteroatoms. The first-order valence-corrected chi connectivity index (χ1v) is 10.5. The van der Waals surface area contributed by atoms with Crippen molar-refractivity contribution < 1.29 is 9.90 Å². The van der Waals surface area contributed by atoms with Crippen LogP contribution in [0.4, 0.5) is 21.9 Å². The largest absolute Gasteiger partial charge is 0.364 e. The van der Waals surface area contributed by atoms with E-state index in [0.29, 0.717) is 29.8 Å². The zero-order valence-corrected chi connectivity index (χ0v) is 17.3. The zero-order chi connectivity index (χ0) is 21.6. The molecule has 1 heterocycles. The molecule has 2 fully saturated rings. The first-order valence-electron chi connectivity index (χ1n) is 10.5. The lowest BCUT2D eigenvalue weighted by Gasteiger charge is -2.52. The quantitative estimate of drug-likeness (QED) is 0.559. The van der Waals surface area contributed by atoms with Crippen molar-refractivity contribution in [1.82, 2.24) is 0 Å². The molecule has 3 aromatic carbocycles. The lowest BCUT2D eigenvalue weighted by Crippen LogP contribution is -2.63. The van der Waals surface area contributed by atoms with Crippen molar-refractivity contribution >= 4 is 23.1 Å². The first kappa shape index (κ1) is 19.3. The maximum Gasteiger partial charge on any atom is 0.332 e. The minimum absolute atomic E-state index is 0.259. The average molecular weight is 409 g/mol. The van der Waals surface area contributed by atoms with Crippen LogP contribution in [-0.2, 0) is 5.72 Å². The molecular weight excluding hydrogens is 386 g/mol. The lowest BCUT2D eigenvalue weighted by molar-refractivity contribution is -0.0525. The topological polar surface area (TPSA) is 48.1 Å². The van der Waals surface area contributed by atoms with Crippen LogP contribution in [0.1, 0.15) is 30.4 Å². The Morgan fingerprint density at radius 1 is 0.903 bits per heavy atom. The van der Waals surface area contributed by atoms with Gasteiger partial charge >= 0.3 is 6.03 Å². The fourth-order valence-electron chi connectivity index (χ4n) is 5.04. The number of hydrogen-bond acceptors (Lipinski definition) is 2. The van der Waals surface area contributed by atoms with Gasteiger partial charge in [0.1, 0.15) is 5.54 Å². The van der Waals surface area contributed by atoms with Crippen LogP contribution in [0.2, 0.25) is 0 Å². The third kappa shape index (κ3) is 2.62. The molecule has 2 amide bonds. The minimum atomic E-state index is -1.54. The normalized spacial score (nSPS) is 21.8. The van der Waals surface area contributed by atoms with Crippen LogP contribution >= 0.6 is 0 Å². The van der Waals surface area contributed by atoms with E-state index in [-0.39, 0.29) is 6.03 Å². The SMILES string of the molecule is [C-]#[N+]c1ccc(N2C(=O)N(c3ccccc3)C3(CCC3)C2(O)c2cccc(C)c2)cc1. The van der Waals surface area contributed by atoms with Crippen molar-refractivity contribution in [1.29, 1.82) is 0 Å². The predicted molar refractivity (Wildman–Crippen MR) is 121 cm³/mol. The van der Waals surface area contributed by atoms with Crippen LogP contribution in [0, 0.1) is 13.5 Å². The van der Waals surface area contributed by atoms with Crippen LogP contribution < -0.4 is 9.80 Å². The van der Waals surface area contributed by atoms with E-state index in [0.717, 1.165) is 17.7 Å². The van der Waals surface area contributed by atoms with Crippen molar-refractivity contribution in [3.8, 4) is 0 Å². The van der Waals surface area contributed by atoms with Gasteiger partial charge in [0.15, 0.2) is 11.4 Å². The fourth-order valence-corrected chi connectivity index (χ4v) is 5.04. The summed E-state index contributed by atoms with van der Waals surface area (Å²) in [4.78, 5) is 20.7. The summed E-state index contributed by atoms with van der Waals surface area (Å²) in [6, 6.07) is 23.9. The number of aliphatic hydroxyl groups is 1. The second-order valence-electron chi connectivity index (χ2n) is 8.34. The van der Waals surface area contributed by atoms with Crippen molar-refractivity contribution in [2.24, 2.45) is 0 Å². The molecule has 0 bridgehead atoms. The smallest absolute Gasteiger partial charge is 0.332 e. The number of aryl methyl sites for hydroxylation is 1. The molecule has 1 saturated carbocycles. The molecule has 2 aliphatic rings. The number of rotatable bonds is 3. The van der Waals surface area contributed by atoms with Crippen LogP contribution in [0.5, 0.6) is 0 Å². The number of hydrogen-bond donors (Lipinski definition) is 1. The van der Waals surface area contributed by atoms with Gasteiger partial charge in [-0.3, -0.25) is 9.80 Å². The molecule has 1 spiro atoms. The first-order chi connectivity index (χ1) is 15.0. The molecule has 1 aliphatic heterocycles. The monoisotopic (exact) mass is 409 g/mol. The number of nitrogens with zero attached hydrogens (tertiary/aromatic N) is 3. The van der Waals surface area contributed by atoms with Crippen LogP contribution in [0.25, 0.3) is 4.85 Å². The van der Waals surface area contributed by atoms with Crippen molar-refractivity contribution in [2.45, 2.75) is 37.5 Å². The number of para-hydroxylation sites is 1. The molecular formula is C26H23N3O2. The number of urea groups is 1. The molecule has 0 aromatic heterocycles. The number of benzene rings is 3. The summed E-state index contributed by atoms with van der Waals surface area (Å²) in [6.45, 7) is 9.22. The maximum atomic E-state index is 14.0. The van der Waals surface area contributed by atoms with Gasteiger partial charge in [-0.15, -0.1) is 0 Å². The average Bonchev–Trinajstić information content (AvgIpc) is 2.99. The molecule has 1 saturated heterocycles. The summed E-state index contributed by atoms with van der Waals surface area (Å²) in [5, 5.41) is 12.5. The van der Waals surface area contributed by atoms with Gasteiger partial charge in [0.05, 0.1) is 6.57 Å². The second kappa shape index (κ2) is 6.97. The highest BCUT2D eigenvalue weighted by Gasteiger charge is 2.70. The molecule has 3 aromatic rings. The van der Waals surface area contributed by atoms with E-state index in [1.807, 2.05) is 61.5 Å². The van der Waals surface area contributed by atoms with Gasteiger partial charge in [-0.05, 0) is 50.5 Å². The standard InChI is InChI=1S/C26H23N3O2/c1-19-8-6-9-20(18-19)26(31)25(16-7-17-25)28(22-10-4-3-5-11-22)24(30)29(26)23-14-12-21(27-2)13-15-23/h3-6,8-15,18,31H,7,16-17H2,1H3. The van der Waals surface area contributed by atoms with E-state index in [4.69, 9.17) is 6.57 Å². The summed E-state index contributed by atoms with van der Waals surface area (Å²) in [6.07, 6.45) is 2.35. The van der Waals surface area contributed by atoms with Crippen molar-refractivity contribution in [3.05, 3.63) is 101 Å². The zero-order valence-electron chi connectivity index (χ0n) is 17.3. The van der Waals surface area contributed by atoms with Gasteiger partial charge in [-0.1, -0.05) is 60.2 Å². The van der Waals surface area contributed by atoms with Crippen LogP contribution in [0.3, 0.4) is 0 Å². The molecule has 5 nitrogen and oxygen atoms in total. The number of amides is 2. The Morgan fingerprint density at radius 3 is 2.16 bits per heavy atom. The molecule has 1 atom stereocenters. The van der Waals surface area contributed by atoms with Crippen molar-refractivity contribution in [2.75, 3.05) is 9.80 Å². The summed E-state index contributed by atoms with van der Waals surface area (Å²) in [7, 11) is 0. The number of anilines is 2. The highest BCUT2D eigenvalue weighted by molar-refractivity contribution is 6.09. The molecule has 0 radical (unpaired) electrons. The Labute approximate surface area is 182 Å². The highest BCUT2D eigenvalue weighted by atomic mass is 16.3. The van der Waals surface area contributed by atoms with Gasteiger partial charge in [0, 0.05) is 16.9 Å². The maximum absolute atomic E-state index is 14.0. The number of carbonyl (C=O) groups is 1. The van der Waals surface area contributed by atoms with Crippen molar-refractivity contribution in [3.63, 3.8) is 0 Å². The summed E-state index contributed by atoms with van der Waals surface area (Å²) in [5.74, 6) is 0. The van der Waals surface area contributed by atoms with E-state index in [9.17, 15) is 9.90 Å². The Hall–Kier alpha value is -3.62. The van der Waals surface area contributed by atoms with Gasteiger partial charge in [0.25, 0.3) is 0 Å². The molecule has 5 rings (SSSR count). The Morgan fingerprint density at radius 2 is 1.58 bits per heavy atom. The Bertz CT molecular complexity index is 1180. The number of carbonyl (C=O) groups excluding carboxylic acids is 1. The molecule has 1 unspecified atom stereocenters. The van der Waals surface area contributed by atoms with E-state index in [1.165, 1.54) is 4.90 Å². The van der Waals surface area contributed by atoms with Gasteiger partial charge in [-0.2, -0.15) is 0 Å². The lowest BCUT2D eigenvalue weighted by atomic mass is 9.66. The summed E-state index contributed by atoms with van der Waals surface area (Å²) >= 11 is 0. The Balaban J connectivity index is 1.76. The van der Waals surface area contributed by atoms with Crippen LogP contribution in [0.15, 0.2) is 78.9 Å². The predicted octanol–water partition coefficient (Wildman–Crippen LogP) is 5.76. The third-order valence-electron chi connectivity index (χ3n) is 6.64. The van der Waals surface area contributed by atoms with Gasteiger partial charge in [-0.25, -0.2) is 9.64 Å². The fraction of sp³-hybridized carbons (Fsp3) is 0.231. The minimum Gasteiger partial charge on any atom is -0.364 e. The van der Waals surface area contributed by atoms with Gasteiger partial charge < -0.3 is 5.11 Å². The van der Waals surface area contributed by atoms with E-state index < -0.39 is 11.3 Å². The van der Waals surface area contributed by atoms with E-state index in [2.05, 4.69) is 4.85 Å². The molecule has 1 N–H and O–H groups in total. The molecule has 154 valence electrons. The van der Waals surface area contributed by atoms with Crippen LogP contribution in [-0.4, -0.2) is 16.7 Å². The highest BCUT2D eigenvalue weighted by Crippen LogP contribution is 2.59. The molecule has 31 heavy (non-hydrogen) atoms. The van der Waals surface area contributed by atoms with E-state index in [1.54, 1.807) is 29.2 Å². The third-order valence-corrected chi connectivity index (χ3v) is 6.64.